The zero-order valence-electron chi connectivity index (χ0n) is 22.5. The molecule has 1 amide bonds. The van der Waals surface area contributed by atoms with Gasteiger partial charge in [0.25, 0.3) is 0 Å². The van der Waals surface area contributed by atoms with Crippen LogP contribution in [0.5, 0.6) is 0 Å². The molecule has 0 radical (unpaired) electrons. The van der Waals surface area contributed by atoms with E-state index in [9.17, 15) is 18.0 Å². The maximum atomic E-state index is 13.0. The van der Waals surface area contributed by atoms with E-state index in [4.69, 9.17) is 4.74 Å². The summed E-state index contributed by atoms with van der Waals surface area (Å²) in [5, 5.41) is 2.92. The monoisotopic (exact) mass is 536 g/mol. The molecule has 0 saturated heterocycles. The number of hydrogen-bond donors (Lipinski definition) is 2. The molecule has 3 rings (SSSR count). The van der Waals surface area contributed by atoms with Gasteiger partial charge in [-0.2, -0.15) is 4.72 Å². The van der Waals surface area contributed by atoms with E-state index >= 15 is 0 Å². The first kappa shape index (κ1) is 29.1. The lowest BCUT2D eigenvalue weighted by atomic mass is 10.0. The van der Waals surface area contributed by atoms with Crippen LogP contribution in [0.4, 0.5) is 0 Å². The van der Waals surface area contributed by atoms with Crippen LogP contribution in [0.2, 0.25) is 0 Å². The van der Waals surface area contributed by atoms with Crippen LogP contribution >= 0.6 is 0 Å². The third-order valence-corrected chi connectivity index (χ3v) is 7.22. The first-order valence-corrected chi connectivity index (χ1v) is 14.1. The quantitative estimate of drug-likeness (QED) is 0.361. The zero-order valence-corrected chi connectivity index (χ0v) is 23.3. The number of carbonyl (C=O) groups is 2. The Bertz CT molecular complexity index is 1330. The molecule has 0 aliphatic rings. The summed E-state index contributed by atoms with van der Waals surface area (Å²) < 4.78 is 33.9. The lowest BCUT2D eigenvalue weighted by Gasteiger charge is -2.26. The minimum absolute atomic E-state index is 0.0576. The lowest BCUT2D eigenvalue weighted by molar-refractivity contribution is -0.158. The largest absolute Gasteiger partial charge is 0.459 e. The molecule has 0 aliphatic heterocycles. The van der Waals surface area contributed by atoms with Gasteiger partial charge in [-0.05, 0) is 61.1 Å². The van der Waals surface area contributed by atoms with E-state index in [0.29, 0.717) is 6.54 Å². The molecule has 0 saturated carbocycles. The summed E-state index contributed by atoms with van der Waals surface area (Å²) in [6, 6.07) is 22.8. The summed E-state index contributed by atoms with van der Waals surface area (Å²) >= 11 is 0. The average molecular weight is 537 g/mol. The van der Waals surface area contributed by atoms with E-state index in [0.717, 1.165) is 22.3 Å². The van der Waals surface area contributed by atoms with Gasteiger partial charge in [0.15, 0.2) is 0 Å². The molecule has 0 fully saturated rings. The number of nitrogens with one attached hydrogen (secondary N) is 2. The minimum Gasteiger partial charge on any atom is -0.459 e. The van der Waals surface area contributed by atoms with E-state index in [-0.39, 0.29) is 23.1 Å². The first-order valence-electron chi connectivity index (χ1n) is 12.6. The molecule has 3 aromatic carbocycles. The third-order valence-electron chi connectivity index (χ3n) is 5.76. The van der Waals surface area contributed by atoms with Crippen molar-refractivity contribution < 1.29 is 22.7 Å². The summed E-state index contributed by atoms with van der Waals surface area (Å²) in [7, 11) is -3.95. The van der Waals surface area contributed by atoms with Crippen molar-refractivity contribution >= 4 is 21.9 Å². The van der Waals surface area contributed by atoms with Gasteiger partial charge in [0.05, 0.1) is 11.3 Å². The van der Waals surface area contributed by atoms with Gasteiger partial charge in [-0.3, -0.25) is 9.59 Å². The molecule has 0 heterocycles. The fraction of sp³-hybridized carbons (Fsp3) is 0.333. The van der Waals surface area contributed by atoms with E-state index in [1.165, 1.54) is 12.1 Å². The van der Waals surface area contributed by atoms with Crippen LogP contribution in [0.15, 0.2) is 83.8 Å². The summed E-state index contributed by atoms with van der Waals surface area (Å²) in [4.78, 5) is 24.9. The SMILES string of the molecule is CC(C)[C@@H](NS(=O)(=O)c1ccc(-c2ccc(CC(=O)NCc3ccccc3)cc2)cc1)C(=O)OC(C)(C)C. The van der Waals surface area contributed by atoms with Gasteiger partial charge in [-0.1, -0.05) is 80.6 Å². The number of amides is 1. The van der Waals surface area contributed by atoms with Crippen LogP contribution in [0.1, 0.15) is 45.7 Å². The van der Waals surface area contributed by atoms with Crippen molar-refractivity contribution in [3.8, 4) is 11.1 Å². The van der Waals surface area contributed by atoms with Crippen molar-refractivity contribution in [1.82, 2.24) is 10.0 Å². The van der Waals surface area contributed by atoms with Gasteiger partial charge in [-0.25, -0.2) is 8.42 Å². The number of ether oxygens (including phenoxy) is 1. The third kappa shape index (κ3) is 8.53. The molecule has 2 N–H and O–H groups in total. The standard InChI is InChI=1S/C30H36N2O5S/c1-21(2)28(29(34)37-30(3,4)5)32-38(35,36)26-17-15-25(16-18-26)24-13-11-22(12-14-24)19-27(33)31-20-23-9-7-6-8-10-23/h6-18,21,28,32H,19-20H2,1-5H3,(H,31,33)/t28-/m1/s1. The highest BCUT2D eigenvalue weighted by Gasteiger charge is 2.32. The zero-order chi connectivity index (χ0) is 27.9. The smallest absolute Gasteiger partial charge is 0.324 e. The van der Waals surface area contributed by atoms with Crippen molar-refractivity contribution in [2.45, 2.75) is 64.1 Å². The number of carbonyl (C=O) groups excluding carboxylic acids is 2. The molecule has 202 valence electrons. The number of hydrogen-bond acceptors (Lipinski definition) is 5. The summed E-state index contributed by atoms with van der Waals surface area (Å²) in [6.07, 6.45) is 0.268. The second kappa shape index (κ2) is 12.4. The van der Waals surface area contributed by atoms with Gasteiger partial charge in [0.1, 0.15) is 11.6 Å². The molecule has 7 nitrogen and oxygen atoms in total. The lowest BCUT2D eigenvalue weighted by Crippen LogP contribution is -2.47. The number of benzene rings is 3. The van der Waals surface area contributed by atoms with E-state index in [1.807, 2.05) is 54.6 Å². The Hall–Kier alpha value is -3.49. The molecule has 0 bridgehead atoms. The highest BCUT2D eigenvalue weighted by molar-refractivity contribution is 7.89. The first-order chi connectivity index (χ1) is 17.8. The van der Waals surface area contributed by atoms with Crippen LogP contribution in [0.25, 0.3) is 11.1 Å². The van der Waals surface area contributed by atoms with Crippen LogP contribution in [0, 0.1) is 5.92 Å². The van der Waals surface area contributed by atoms with Crippen molar-refractivity contribution in [1.29, 1.82) is 0 Å². The molecular formula is C30H36N2O5S. The average Bonchev–Trinajstić information content (AvgIpc) is 2.86. The maximum Gasteiger partial charge on any atom is 0.324 e. The fourth-order valence-corrected chi connectivity index (χ4v) is 5.08. The molecule has 1 atom stereocenters. The van der Waals surface area contributed by atoms with Crippen molar-refractivity contribution in [2.24, 2.45) is 5.92 Å². The maximum absolute atomic E-state index is 13.0. The Balaban J connectivity index is 1.63. The van der Waals surface area contributed by atoms with Gasteiger partial charge in [0.2, 0.25) is 15.9 Å². The predicted octanol–water partition coefficient (Wildman–Crippen LogP) is 4.86. The minimum atomic E-state index is -3.95. The Morgan fingerprint density at radius 1 is 0.816 bits per heavy atom. The van der Waals surface area contributed by atoms with Crippen molar-refractivity contribution in [2.75, 3.05) is 0 Å². The molecular weight excluding hydrogens is 500 g/mol. The molecule has 38 heavy (non-hydrogen) atoms. The summed E-state index contributed by atoms with van der Waals surface area (Å²) in [5.41, 5.74) is 2.92. The fourth-order valence-electron chi connectivity index (χ4n) is 3.74. The molecule has 3 aromatic rings. The molecule has 0 spiro atoms. The Labute approximate surface area is 225 Å². The topological polar surface area (TPSA) is 102 Å². The van der Waals surface area contributed by atoms with Crippen LogP contribution in [0.3, 0.4) is 0 Å². The van der Waals surface area contributed by atoms with Crippen LogP contribution in [-0.2, 0) is 37.3 Å². The second-order valence-corrected chi connectivity index (χ2v) is 12.3. The Kier molecular flexibility index (Phi) is 9.46. The van der Waals surface area contributed by atoms with Crippen molar-refractivity contribution in [3.63, 3.8) is 0 Å². The van der Waals surface area contributed by atoms with Gasteiger partial charge >= 0.3 is 5.97 Å². The molecule has 0 aromatic heterocycles. The number of esters is 1. The number of rotatable bonds is 10. The van der Waals surface area contributed by atoms with Gasteiger partial charge < -0.3 is 10.1 Å². The van der Waals surface area contributed by atoms with Gasteiger partial charge in [0, 0.05) is 6.54 Å². The Morgan fingerprint density at radius 3 is 1.89 bits per heavy atom. The van der Waals surface area contributed by atoms with E-state index < -0.39 is 27.6 Å². The highest BCUT2D eigenvalue weighted by atomic mass is 32.2. The second-order valence-electron chi connectivity index (χ2n) is 10.5. The Morgan fingerprint density at radius 2 is 1.37 bits per heavy atom. The number of sulfonamides is 1. The highest BCUT2D eigenvalue weighted by Crippen LogP contribution is 2.23. The van der Waals surface area contributed by atoms with E-state index in [1.54, 1.807) is 46.8 Å². The summed E-state index contributed by atoms with van der Waals surface area (Å²) in [5.74, 6) is -0.964. The molecule has 0 unspecified atom stereocenters. The molecule has 8 heteroatoms. The van der Waals surface area contributed by atoms with Crippen LogP contribution < -0.4 is 10.0 Å². The van der Waals surface area contributed by atoms with Gasteiger partial charge in [-0.15, -0.1) is 0 Å². The van der Waals surface area contributed by atoms with E-state index in [2.05, 4.69) is 10.0 Å². The van der Waals surface area contributed by atoms with Crippen LogP contribution in [-0.4, -0.2) is 31.9 Å². The normalized spacial score (nSPS) is 12.7. The summed E-state index contributed by atoms with van der Waals surface area (Å²) in [6.45, 7) is 9.22. The molecule has 0 aliphatic carbocycles. The predicted molar refractivity (Wildman–Crippen MR) is 149 cm³/mol. The van der Waals surface area contributed by atoms with Crippen molar-refractivity contribution in [3.05, 3.63) is 90.0 Å².